The van der Waals surface area contributed by atoms with E-state index in [0.29, 0.717) is 31.9 Å². The molecule has 1 aliphatic rings. The lowest BCUT2D eigenvalue weighted by molar-refractivity contribution is -0.121. The summed E-state index contributed by atoms with van der Waals surface area (Å²) in [6, 6.07) is 0. The van der Waals surface area contributed by atoms with Gasteiger partial charge in [-0.05, 0) is 44.7 Å². The molecule has 0 aromatic heterocycles. The molecule has 5 heteroatoms. The van der Waals surface area contributed by atoms with Crippen LogP contribution in [0.4, 0.5) is 0 Å². The number of amides is 1. The first kappa shape index (κ1) is 15.4. The minimum Gasteiger partial charge on any atom is -0.391 e. The van der Waals surface area contributed by atoms with E-state index in [2.05, 4.69) is 10.6 Å². The van der Waals surface area contributed by atoms with Gasteiger partial charge in [0.15, 0.2) is 0 Å². The van der Waals surface area contributed by atoms with Gasteiger partial charge in [0.2, 0.25) is 5.91 Å². The second-order valence-electron chi connectivity index (χ2n) is 5.00. The van der Waals surface area contributed by atoms with Gasteiger partial charge in [-0.2, -0.15) is 0 Å². The molecule has 0 aromatic carbocycles. The summed E-state index contributed by atoms with van der Waals surface area (Å²) in [5.41, 5.74) is 0. The third-order valence-corrected chi connectivity index (χ3v) is 3.34. The highest BCUT2D eigenvalue weighted by molar-refractivity contribution is 5.75. The number of aliphatic hydroxyl groups is 1. The smallest absolute Gasteiger partial charge is 0.220 e. The third kappa shape index (κ3) is 6.93. The predicted molar refractivity (Wildman–Crippen MR) is 70.3 cm³/mol. The summed E-state index contributed by atoms with van der Waals surface area (Å²) in [7, 11) is 1.56. The van der Waals surface area contributed by atoms with E-state index < -0.39 is 6.10 Å². The van der Waals surface area contributed by atoms with Crippen LogP contribution in [0.3, 0.4) is 0 Å². The maximum Gasteiger partial charge on any atom is 0.220 e. The molecule has 5 nitrogen and oxygen atoms in total. The van der Waals surface area contributed by atoms with Crippen molar-refractivity contribution in [3.63, 3.8) is 0 Å². The van der Waals surface area contributed by atoms with Gasteiger partial charge < -0.3 is 20.5 Å². The van der Waals surface area contributed by atoms with E-state index in [9.17, 15) is 9.90 Å². The van der Waals surface area contributed by atoms with Crippen LogP contribution in [0.25, 0.3) is 0 Å². The van der Waals surface area contributed by atoms with E-state index in [1.165, 1.54) is 12.8 Å². The standard InChI is InChI=1S/C13H26N2O3/c1-18-10-12(16)6-8-15-13(17)5-4-11-3-2-7-14-9-11/h11-12,14,16H,2-10H2,1H3,(H,15,17). The Kier molecular flexibility index (Phi) is 7.96. The lowest BCUT2D eigenvalue weighted by Crippen LogP contribution is -2.32. The Labute approximate surface area is 109 Å². The van der Waals surface area contributed by atoms with Crippen molar-refractivity contribution in [2.24, 2.45) is 5.92 Å². The summed E-state index contributed by atoms with van der Waals surface area (Å²) in [4.78, 5) is 11.6. The normalized spacial score (nSPS) is 21.6. The van der Waals surface area contributed by atoms with Gasteiger partial charge in [-0.1, -0.05) is 0 Å². The molecule has 2 unspecified atom stereocenters. The fourth-order valence-electron chi connectivity index (χ4n) is 2.25. The van der Waals surface area contributed by atoms with E-state index in [1.807, 2.05) is 0 Å². The molecule has 1 aliphatic heterocycles. The van der Waals surface area contributed by atoms with Crippen LogP contribution in [0.2, 0.25) is 0 Å². The highest BCUT2D eigenvalue weighted by Gasteiger charge is 2.14. The van der Waals surface area contributed by atoms with Crippen LogP contribution in [-0.2, 0) is 9.53 Å². The van der Waals surface area contributed by atoms with E-state index >= 15 is 0 Å². The molecule has 1 amide bonds. The maximum atomic E-state index is 11.6. The Balaban J connectivity index is 1.99. The van der Waals surface area contributed by atoms with Crippen molar-refractivity contribution < 1.29 is 14.6 Å². The van der Waals surface area contributed by atoms with Gasteiger partial charge in [-0.15, -0.1) is 0 Å². The van der Waals surface area contributed by atoms with Gasteiger partial charge in [0.1, 0.15) is 0 Å². The summed E-state index contributed by atoms with van der Waals surface area (Å²) >= 11 is 0. The fraction of sp³-hybridized carbons (Fsp3) is 0.923. The van der Waals surface area contributed by atoms with Crippen molar-refractivity contribution in [2.45, 2.75) is 38.2 Å². The molecule has 0 bridgehead atoms. The SMILES string of the molecule is COCC(O)CCNC(=O)CCC1CCCNC1. The summed E-state index contributed by atoms with van der Waals surface area (Å²) < 4.78 is 4.82. The Morgan fingerprint density at radius 2 is 2.44 bits per heavy atom. The number of hydrogen-bond acceptors (Lipinski definition) is 4. The van der Waals surface area contributed by atoms with Crippen molar-refractivity contribution >= 4 is 5.91 Å². The van der Waals surface area contributed by atoms with Crippen molar-refractivity contribution in [1.82, 2.24) is 10.6 Å². The average Bonchev–Trinajstić information content (AvgIpc) is 2.38. The summed E-state index contributed by atoms with van der Waals surface area (Å²) in [5, 5.41) is 15.6. The van der Waals surface area contributed by atoms with Gasteiger partial charge in [-0.3, -0.25) is 4.79 Å². The van der Waals surface area contributed by atoms with Gasteiger partial charge in [0.05, 0.1) is 12.7 Å². The van der Waals surface area contributed by atoms with Crippen LogP contribution in [0.5, 0.6) is 0 Å². The summed E-state index contributed by atoms with van der Waals surface area (Å²) in [5.74, 6) is 0.730. The average molecular weight is 258 g/mol. The second kappa shape index (κ2) is 9.30. The van der Waals surface area contributed by atoms with Gasteiger partial charge in [0, 0.05) is 20.1 Å². The van der Waals surface area contributed by atoms with Crippen LogP contribution >= 0.6 is 0 Å². The second-order valence-corrected chi connectivity index (χ2v) is 5.00. The zero-order chi connectivity index (χ0) is 13.2. The molecule has 1 fully saturated rings. The van der Waals surface area contributed by atoms with Crippen LogP contribution in [0.15, 0.2) is 0 Å². The van der Waals surface area contributed by atoms with Crippen molar-refractivity contribution in [2.75, 3.05) is 33.4 Å². The monoisotopic (exact) mass is 258 g/mol. The highest BCUT2D eigenvalue weighted by atomic mass is 16.5. The minimum atomic E-state index is -0.488. The molecular weight excluding hydrogens is 232 g/mol. The number of methoxy groups -OCH3 is 1. The van der Waals surface area contributed by atoms with E-state index in [-0.39, 0.29) is 5.91 Å². The summed E-state index contributed by atoms with van der Waals surface area (Å²) in [6.07, 6.45) is 4.05. The van der Waals surface area contributed by atoms with Crippen molar-refractivity contribution in [1.29, 1.82) is 0 Å². The first-order valence-electron chi connectivity index (χ1n) is 6.86. The Hall–Kier alpha value is -0.650. The number of carbonyl (C=O) groups excluding carboxylic acids is 1. The number of nitrogens with one attached hydrogen (secondary N) is 2. The largest absolute Gasteiger partial charge is 0.391 e. The van der Waals surface area contributed by atoms with E-state index in [4.69, 9.17) is 4.74 Å². The fourth-order valence-corrected chi connectivity index (χ4v) is 2.25. The van der Waals surface area contributed by atoms with E-state index in [1.54, 1.807) is 7.11 Å². The van der Waals surface area contributed by atoms with Crippen LogP contribution in [-0.4, -0.2) is 50.5 Å². The number of ether oxygens (including phenoxy) is 1. The molecule has 0 radical (unpaired) electrons. The molecule has 0 spiro atoms. The molecule has 1 saturated heterocycles. The molecule has 0 aromatic rings. The number of carbonyl (C=O) groups is 1. The quantitative estimate of drug-likeness (QED) is 0.585. The van der Waals surface area contributed by atoms with Gasteiger partial charge in [0.25, 0.3) is 0 Å². The molecule has 106 valence electrons. The molecule has 1 rings (SSSR count). The molecule has 3 N–H and O–H groups in total. The Bertz CT molecular complexity index is 230. The molecule has 1 heterocycles. The zero-order valence-corrected chi connectivity index (χ0v) is 11.3. The number of piperidine rings is 1. The number of aliphatic hydroxyl groups excluding tert-OH is 1. The molecule has 0 saturated carbocycles. The zero-order valence-electron chi connectivity index (χ0n) is 11.3. The Morgan fingerprint density at radius 1 is 1.61 bits per heavy atom. The molecular formula is C13H26N2O3. The molecule has 18 heavy (non-hydrogen) atoms. The first-order valence-corrected chi connectivity index (χ1v) is 6.86. The first-order chi connectivity index (χ1) is 8.72. The van der Waals surface area contributed by atoms with Gasteiger partial charge >= 0.3 is 0 Å². The Morgan fingerprint density at radius 3 is 3.11 bits per heavy atom. The predicted octanol–water partition coefficient (Wildman–Crippen LogP) is 0.280. The number of rotatable bonds is 8. The highest BCUT2D eigenvalue weighted by Crippen LogP contribution is 2.15. The lowest BCUT2D eigenvalue weighted by atomic mass is 9.94. The van der Waals surface area contributed by atoms with Crippen LogP contribution in [0, 0.1) is 5.92 Å². The maximum absolute atomic E-state index is 11.6. The number of hydrogen-bond donors (Lipinski definition) is 3. The topological polar surface area (TPSA) is 70.6 Å². The molecule has 0 aliphatic carbocycles. The van der Waals surface area contributed by atoms with Gasteiger partial charge in [-0.25, -0.2) is 0 Å². The lowest BCUT2D eigenvalue weighted by Gasteiger charge is -2.22. The summed E-state index contributed by atoms with van der Waals surface area (Å²) in [6.45, 7) is 3.00. The van der Waals surface area contributed by atoms with Crippen molar-refractivity contribution in [3.05, 3.63) is 0 Å². The minimum absolute atomic E-state index is 0.0881. The van der Waals surface area contributed by atoms with Crippen LogP contribution in [0.1, 0.15) is 32.1 Å². The van der Waals surface area contributed by atoms with Crippen molar-refractivity contribution in [3.8, 4) is 0 Å². The van der Waals surface area contributed by atoms with Crippen LogP contribution < -0.4 is 10.6 Å². The van der Waals surface area contributed by atoms with E-state index in [0.717, 1.165) is 19.5 Å². The third-order valence-electron chi connectivity index (χ3n) is 3.34. The molecule has 2 atom stereocenters.